The summed E-state index contributed by atoms with van der Waals surface area (Å²) in [5, 5.41) is 0.684. The zero-order valence-corrected chi connectivity index (χ0v) is 13.8. The molecule has 0 fully saturated rings. The van der Waals surface area contributed by atoms with Crippen molar-refractivity contribution in [3.63, 3.8) is 0 Å². The van der Waals surface area contributed by atoms with Gasteiger partial charge in [-0.1, -0.05) is 28.1 Å². The molecule has 112 valence electrons. The Morgan fingerprint density at radius 1 is 1.19 bits per heavy atom. The molecular weight excluding hydrogens is 356 g/mol. The SMILES string of the molecule is CCOc1ccc(NS(=O)(=O)c2ccc(CBr)cc2)cn1. The summed E-state index contributed by atoms with van der Waals surface area (Å²) in [6.45, 7) is 2.37. The standard InChI is InChI=1S/C14H15BrN2O3S/c1-2-20-14-8-5-12(10-16-14)17-21(18,19)13-6-3-11(9-15)4-7-13/h3-8,10,17H,2,9H2,1H3. The zero-order valence-electron chi connectivity index (χ0n) is 11.4. The first-order valence-electron chi connectivity index (χ1n) is 6.31. The van der Waals surface area contributed by atoms with Gasteiger partial charge in [0.2, 0.25) is 5.88 Å². The molecule has 0 radical (unpaired) electrons. The van der Waals surface area contributed by atoms with E-state index < -0.39 is 10.0 Å². The molecule has 0 aliphatic rings. The number of sulfonamides is 1. The fourth-order valence-electron chi connectivity index (χ4n) is 1.65. The van der Waals surface area contributed by atoms with E-state index in [1.54, 1.807) is 36.4 Å². The molecule has 21 heavy (non-hydrogen) atoms. The largest absolute Gasteiger partial charge is 0.478 e. The fourth-order valence-corrected chi connectivity index (χ4v) is 3.06. The third kappa shape index (κ3) is 4.18. The van der Waals surface area contributed by atoms with Gasteiger partial charge in [0.15, 0.2) is 0 Å². The summed E-state index contributed by atoms with van der Waals surface area (Å²) in [5.74, 6) is 0.460. The van der Waals surface area contributed by atoms with Gasteiger partial charge in [0.25, 0.3) is 10.0 Å². The van der Waals surface area contributed by atoms with Crippen molar-refractivity contribution in [3.8, 4) is 5.88 Å². The molecule has 1 heterocycles. The number of rotatable bonds is 6. The van der Waals surface area contributed by atoms with Gasteiger partial charge in [0.05, 0.1) is 23.4 Å². The van der Waals surface area contributed by atoms with Crippen LogP contribution in [0.15, 0.2) is 47.5 Å². The number of aromatic nitrogens is 1. The van der Waals surface area contributed by atoms with Crippen molar-refractivity contribution < 1.29 is 13.2 Å². The van der Waals surface area contributed by atoms with Gasteiger partial charge >= 0.3 is 0 Å². The Balaban J connectivity index is 2.16. The highest BCUT2D eigenvalue weighted by Gasteiger charge is 2.14. The lowest BCUT2D eigenvalue weighted by molar-refractivity contribution is 0.327. The van der Waals surface area contributed by atoms with Gasteiger partial charge in [-0.15, -0.1) is 0 Å². The highest BCUT2D eigenvalue weighted by Crippen LogP contribution is 2.18. The maximum atomic E-state index is 12.2. The molecule has 0 amide bonds. The molecule has 0 atom stereocenters. The van der Waals surface area contributed by atoms with Crippen molar-refractivity contribution in [1.82, 2.24) is 4.98 Å². The molecule has 0 saturated heterocycles. The molecule has 1 aromatic carbocycles. The summed E-state index contributed by atoms with van der Waals surface area (Å²) in [5.41, 5.74) is 1.40. The van der Waals surface area contributed by atoms with Crippen molar-refractivity contribution in [2.24, 2.45) is 0 Å². The maximum absolute atomic E-state index is 12.2. The van der Waals surface area contributed by atoms with Crippen LogP contribution in [0.2, 0.25) is 0 Å². The molecule has 2 rings (SSSR count). The van der Waals surface area contributed by atoms with Crippen LogP contribution in [0.25, 0.3) is 0 Å². The molecule has 0 unspecified atom stereocenters. The van der Waals surface area contributed by atoms with E-state index in [4.69, 9.17) is 4.74 Å². The number of alkyl halides is 1. The maximum Gasteiger partial charge on any atom is 0.261 e. The lowest BCUT2D eigenvalue weighted by atomic mass is 10.2. The molecule has 0 spiro atoms. The number of ether oxygens (including phenoxy) is 1. The molecule has 5 nitrogen and oxygen atoms in total. The zero-order chi connectivity index (χ0) is 15.3. The monoisotopic (exact) mass is 370 g/mol. The highest BCUT2D eigenvalue weighted by molar-refractivity contribution is 9.08. The summed E-state index contributed by atoms with van der Waals surface area (Å²) < 4.78 is 32.2. The minimum Gasteiger partial charge on any atom is -0.478 e. The van der Waals surface area contributed by atoms with Crippen LogP contribution in [0.4, 0.5) is 5.69 Å². The molecular formula is C14H15BrN2O3S. The van der Waals surface area contributed by atoms with Crippen LogP contribution in [0.3, 0.4) is 0 Å². The minimum atomic E-state index is -3.61. The first-order valence-corrected chi connectivity index (χ1v) is 8.92. The Labute approximate surface area is 132 Å². The van der Waals surface area contributed by atoms with Crippen molar-refractivity contribution in [2.75, 3.05) is 11.3 Å². The predicted octanol–water partition coefficient (Wildman–Crippen LogP) is 3.18. The second-order valence-corrected chi connectivity index (χ2v) is 6.44. The van der Waals surface area contributed by atoms with Crippen molar-refractivity contribution in [1.29, 1.82) is 0 Å². The number of pyridine rings is 1. The van der Waals surface area contributed by atoms with Gasteiger partial charge < -0.3 is 4.74 Å². The number of hydrogen-bond acceptors (Lipinski definition) is 4. The normalized spacial score (nSPS) is 11.1. The first-order chi connectivity index (χ1) is 10.0. The quantitative estimate of drug-likeness (QED) is 0.792. The lowest BCUT2D eigenvalue weighted by Crippen LogP contribution is -2.13. The molecule has 0 aliphatic carbocycles. The number of hydrogen-bond donors (Lipinski definition) is 1. The predicted molar refractivity (Wildman–Crippen MR) is 85.3 cm³/mol. The average Bonchev–Trinajstić information content (AvgIpc) is 2.49. The number of nitrogens with one attached hydrogen (secondary N) is 1. The van der Waals surface area contributed by atoms with Gasteiger partial charge in [-0.2, -0.15) is 0 Å². The van der Waals surface area contributed by atoms with Crippen LogP contribution in [0, 0.1) is 0 Å². The summed E-state index contributed by atoms with van der Waals surface area (Å²) >= 11 is 3.32. The van der Waals surface area contributed by atoms with E-state index in [1.807, 2.05) is 6.92 Å². The molecule has 0 bridgehead atoms. The Hall–Kier alpha value is -1.60. The topological polar surface area (TPSA) is 68.3 Å². The number of nitrogens with zero attached hydrogens (tertiary/aromatic N) is 1. The third-order valence-corrected chi connectivity index (χ3v) is 4.71. The lowest BCUT2D eigenvalue weighted by Gasteiger charge is -2.09. The Morgan fingerprint density at radius 2 is 1.90 bits per heavy atom. The van der Waals surface area contributed by atoms with E-state index >= 15 is 0 Å². The van der Waals surface area contributed by atoms with E-state index in [0.29, 0.717) is 23.5 Å². The molecule has 1 aromatic heterocycles. The number of benzene rings is 1. The van der Waals surface area contributed by atoms with Crippen LogP contribution in [0.1, 0.15) is 12.5 Å². The van der Waals surface area contributed by atoms with Gasteiger partial charge in [-0.3, -0.25) is 4.72 Å². The van der Waals surface area contributed by atoms with Crippen LogP contribution < -0.4 is 9.46 Å². The Morgan fingerprint density at radius 3 is 2.43 bits per heavy atom. The molecule has 1 N–H and O–H groups in total. The van der Waals surface area contributed by atoms with E-state index in [9.17, 15) is 8.42 Å². The average molecular weight is 371 g/mol. The van der Waals surface area contributed by atoms with Crippen LogP contribution in [-0.2, 0) is 15.4 Å². The first kappa shape index (κ1) is 15.8. The summed E-state index contributed by atoms with van der Waals surface area (Å²) in [4.78, 5) is 4.23. The number of halogens is 1. The third-order valence-electron chi connectivity index (χ3n) is 2.67. The van der Waals surface area contributed by atoms with Crippen LogP contribution in [0.5, 0.6) is 5.88 Å². The van der Waals surface area contributed by atoms with Gasteiger partial charge in [-0.25, -0.2) is 13.4 Å². The Bertz CT molecular complexity index is 685. The molecule has 0 saturated carbocycles. The number of anilines is 1. The smallest absolute Gasteiger partial charge is 0.261 e. The van der Waals surface area contributed by atoms with E-state index in [-0.39, 0.29) is 4.90 Å². The van der Waals surface area contributed by atoms with Gasteiger partial charge in [-0.05, 0) is 30.7 Å². The second-order valence-electron chi connectivity index (χ2n) is 4.20. The van der Waals surface area contributed by atoms with E-state index in [1.165, 1.54) is 6.20 Å². The molecule has 7 heteroatoms. The summed E-state index contributed by atoms with van der Waals surface area (Å²) in [7, 11) is -3.61. The van der Waals surface area contributed by atoms with E-state index in [0.717, 1.165) is 5.56 Å². The van der Waals surface area contributed by atoms with E-state index in [2.05, 4.69) is 25.6 Å². The van der Waals surface area contributed by atoms with Crippen molar-refractivity contribution in [2.45, 2.75) is 17.1 Å². The molecule has 2 aromatic rings. The van der Waals surface area contributed by atoms with Crippen LogP contribution >= 0.6 is 15.9 Å². The van der Waals surface area contributed by atoms with Crippen molar-refractivity contribution >= 4 is 31.6 Å². The van der Waals surface area contributed by atoms with Crippen molar-refractivity contribution in [3.05, 3.63) is 48.2 Å². The Kier molecular flexibility index (Phi) is 5.19. The minimum absolute atomic E-state index is 0.209. The summed E-state index contributed by atoms with van der Waals surface area (Å²) in [6, 6.07) is 9.90. The second kappa shape index (κ2) is 6.91. The van der Waals surface area contributed by atoms with Gasteiger partial charge in [0.1, 0.15) is 0 Å². The molecule has 0 aliphatic heterocycles. The van der Waals surface area contributed by atoms with Gasteiger partial charge in [0, 0.05) is 11.4 Å². The highest BCUT2D eigenvalue weighted by atomic mass is 79.9. The van der Waals surface area contributed by atoms with Crippen LogP contribution in [-0.4, -0.2) is 20.0 Å². The fraction of sp³-hybridized carbons (Fsp3) is 0.214. The summed E-state index contributed by atoms with van der Waals surface area (Å²) in [6.07, 6.45) is 1.43.